The number of nitrogens with zero attached hydrogens (tertiary/aromatic N) is 2. The Bertz CT molecular complexity index is 683. The minimum atomic E-state index is -0.244. The summed E-state index contributed by atoms with van der Waals surface area (Å²) in [4.78, 5) is 4.65. The Morgan fingerprint density at radius 1 is 1.33 bits per heavy atom. The molecular weight excluding hydrogens is 224 g/mol. The van der Waals surface area contributed by atoms with Gasteiger partial charge >= 0.3 is 0 Å². The van der Waals surface area contributed by atoms with Gasteiger partial charge in [0.1, 0.15) is 11.4 Å². The number of fused-ring (bicyclic) bond motifs is 3. The molecule has 0 bridgehead atoms. The summed E-state index contributed by atoms with van der Waals surface area (Å²) in [5, 5.41) is 1.36. The van der Waals surface area contributed by atoms with E-state index in [2.05, 4.69) is 47.7 Å². The van der Waals surface area contributed by atoms with Crippen molar-refractivity contribution in [2.24, 2.45) is 4.99 Å². The van der Waals surface area contributed by atoms with Crippen LogP contribution in [0, 0.1) is 0 Å². The van der Waals surface area contributed by atoms with E-state index in [9.17, 15) is 0 Å². The smallest absolute Gasteiger partial charge is 0.125 e. The normalized spacial score (nSPS) is 26.0. The molecule has 0 aliphatic carbocycles. The summed E-state index contributed by atoms with van der Waals surface area (Å²) in [6.07, 6.45) is 1.01. The summed E-state index contributed by atoms with van der Waals surface area (Å²) >= 11 is 0. The maximum Gasteiger partial charge on any atom is 0.125 e. The zero-order valence-corrected chi connectivity index (χ0v) is 10.7. The summed E-state index contributed by atoms with van der Waals surface area (Å²) < 4.78 is 8.31. The second-order valence-corrected chi connectivity index (χ2v) is 5.37. The van der Waals surface area contributed by atoms with Gasteiger partial charge in [0.25, 0.3) is 0 Å². The molecule has 1 atom stereocenters. The van der Waals surface area contributed by atoms with Crippen LogP contribution in [-0.2, 0) is 16.8 Å². The summed E-state index contributed by atoms with van der Waals surface area (Å²) in [6, 6.07) is 8.61. The predicted octanol–water partition coefficient (Wildman–Crippen LogP) is 2.71. The topological polar surface area (TPSA) is 26.5 Å². The van der Waals surface area contributed by atoms with E-state index in [-0.39, 0.29) is 5.60 Å². The SMILES string of the molecule is CC1=NCC2(C)OCCc3c2n1c1ccccc31. The molecule has 1 unspecified atom stereocenters. The number of para-hydroxylation sites is 1. The summed E-state index contributed by atoms with van der Waals surface area (Å²) in [5.41, 5.74) is 3.79. The van der Waals surface area contributed by atoms with Crippen LogP contribution in [0.4, 0.5) is 0 Å². The summed E-state index contributed by atoms with van der Waals surface area (Å²) in [5.74, 6) is 1.08. The van der Waals surface area contributed by atoms with Crippen molar-refractivity contribution in [3.8, 4) is 0 Å². The lowest BCUT2D eigenvalue weighted by Crippen LogP contribution is -2.41. The number of rotatable bonds is 0. The predicted molar refractivity (Wildman–Crippen MR) is 72.3 cm³/mol. The van der Waals surface area contributed by atoms with E-state index >= 15 is 0 Å². The van der Waals surface area contributed by atoms with Gasteiger partial charge in [0.05, 0.1) is 24.4 Å². The molecule has 0 spiro atoms. The van der Waals surface area contributed by atoms with Gasteiger partial charge in [0.2, 0.25) is 0 Å². The first-order chi connectivity index (χ1) is 8.71. The maximum absolute atomic E-state index is 6.02. The number of hydrogen-bond donors (Lipinski definition) is 0. The zero-order valence-electron chi connectivity index (χ0n) is 10.7. The Morgan fingerprint density at radius 3 is 3.06 bits per heavy atom. The number of benzene rings is 1. The standard InChI is InChI=1S/C15H16N2O/c1-10-16-9-15(2)14-12(7-8-18-15)11-5-3-4-6-13(11)17(10)14/h3-6H,7-9H2,1-2H3. The third kappa shape index (κ3) is 1.10. The maximum atomic E-state index is 6.02. The molecule has 1 aromatic heterocycles. The number of ether oxygens (including phenoxy) is 1. The first-order valence-corrected chi connectivity index (χ1v) is 6.49. The van der Waals surface area contributed by atoms with E-state index in [1.807, 2.05) is 0 Å². The molecule has 4 rings (SSSR count). The Labute approximate surface area is 106 Å². The van der Waals surface area contributed by atoms with E-state index in [1.165, 1.54) is 22.2 Å². The van der Waals surface area contributed by atoms with Crippen molar-refractivity contribution in [2.45, 2.75) is 25.9 Å². The molecule has 3 heteroatoms. The molecule has 0 fully saturated rings. The fourth-order valence-corrected chi connectivity index (χ4v) is 3.35. The van der Waals surface area contributed by atoms with Crippen LogP contribution in [0.5, 0.6) is 0 Å². The molecule has 0 saturated heterocycles. The monoisotopic (exact) mass is 240 g/mol. The lowest BCUT2D eigenvalue weighted by Gasteiger charge is -2.37. The van der Waals surface area contributed by atoms with Crippen molar-refractivity contribution in [1.29, 1.82) is 0 Å². The molecule has 3 heterocycles. The van der Waals surface area contributed by atoms with Crippen LogP contribution in [0.25, 0.3) is 10.9 Å². The van der Waals surface area contributed by atoms with E-state index in [0.29, 0.717) is 0 Å². The minimum absolute atomic E-state index is 0.244. The summed E-state index contributed by atoms with van der Waals surface area (Å²) in [6.45, 7) is 5.78. The highest BCUT2D eigenvalue weighted by atomic mass is 16.5. The van der Waals surface area contributed by atoms with Gasteiger partial charge in [0.15, 0.2) is 0 Å². The molecule has 92 valence electrons. The van der Waals surface area contributed by atoms with Gasteiger partial charge in [-0.3, -0.25) is 9.56 Å². The van der Waals surface area contributed by atoms with Gasteiger partial charge in [-0.2, -0.15) is 0 Å². The second-order valence-electron chi connectivity index (χ2n) is 5.37. The second kappa shape index (κ2) is 3.23. The zero-order chi connectivity index (χ0) is 12.3. The van der Waals surface area contributed by atoms with Gasteiger partial charge in [-0.25, -0.2) is 0 Å². The lowest BCUT2D eigenvalue weighted by molar-refractivity contribution is -0.0442. The van der Waals surface area contributed by atoms with Crippen LogP contribution in [0.1, 0.15) is 25.1 Å². The quantitative estimate of drug-likeness (QED) is 0.695. The summed E-state index contributed by atoms with van der Waals surface area (Å²) in [7, 11) is 0. The van der Waals surface area contributed by atoms with Crippen molar-refractivity contribution in [3.05, 3.63) is 35.5 Å². The van der Waals surface area contributed by atoms with Crippen LogP contribution in [0.3, 0.4) is 0 Å². The van der Waals surface area contributed by atoms with Crippen LogP contribution in [0.15, 0.2) is 29.3 Å². The fourth-order valence-electron chi connectivity index (χ4n) is 3.35. The molecule has 3 nitrogen and oxygen atoms in total. The Kier molecular flexibility index (Phi) is 1.86. The molecule has 2 aliphatic rings. The minimum Gasteiger partial charge on any atom is -0.367 e. The van der Waals surface area contributed by atoms with Gasteiger partial charge in [-0.05, 0) is 31.9 Å². The molecule has 2 aliphatic heterocycles. The average molecular weight is 240 g/mol. The number of aliphatic imine (C=N–C) groups is 1. The van der Waals surface area contributed by atoms with Crippen LogP contribution < -0.4 is 0 Å². The van der Waals surface area contributed by atoms with Gasteiger partial charge in [-0.15, -0.1) is 0 Å². The van der Waals surface area contributed by atoms with Crippen LogP contribution in [-0.4, -0.2) is 23.6 Å². The lowest BCUT2D eigenvalue weighted by atomic mass is 9.92. The number of hydrogen-bond acceptors (Lipinski definition) is 2. The van der Waals surface area contributed by atoms with Crippen LogP contribution >= 0.6 is 0 Å². The first-order valence-electron chi connectivity index (χ1n) is 6.49. The molecule has 18 heavy (non-hydrogen) atoms. The van der Waals surface area contributed by atoms with E-state index < -0.39 is 0 Å². The van der Waals surface area contributed by atoms with Crippen molar-refractivity contribution in [1.82, 2.24) is 4.57 Å². The van der Waals surface area contributed by atoms with Crippen molar-refractivity contribution < 1.29 is 4.74 Å². The average Bonchev–Trinajstić information content (AvgIpc) is 2.73. The molecule has 0 radical (unpaired) electrons. The third-order valence-corrected chi connectivity index (χ3v) is 4.19. The molecule has 1 aromatic carbocycles. The largest absolute Gasteiger partial charge is 0.367 e. The van der Waals surface area contributed by atoms with Gasteiger partial charge in [0, 0.05) is 5.39 Å². The highest BCUT2D eigenvalue weighted by Crippen LogP contribution is 2.41. The Hall–Kier alpha value is -1.61. The molecule has 2 aromatic rings. The van der Waals surface area contributed by atoms with Crippen molar-refractivity contribution in [2.75, 3.05) is 13.2 Å². The fraction of sp³-hybridized carbons (Fsp3) is 0.400. The molecular formula is C15H16N2O. The van der Waals surface area contributed by atoms with E-state index in [0.717, 1.165) is 25.4 Å². The van der Waals surface area contributed by atoms with Gasteiger partial charge in [-0.1, -0.05) is 18.2 Å². The highest BCUT2D eigenvalue weighted by Gasteiger charge is 2.40. The van der Waals surface area contributed by atoms with E-state index in [4.69, 9.17) is 4.74 Å². The van der Waals surface area contributed by atoms with Crippen LogP contribution in [0.2, 0.25) is 0 Å². The van der Waals surface area contributed by atoms with Crippen molar-refractivity contribution >= 4 is 16.7 Å². The molecule has 0 amide bonds. The van der Waals surface area contributed by atoms with E-state index in [1.54, 1.807) is 0 Å². The Morgan fingerprint density at radius 2 is 2.17 bits per heavy atom. The Balaban J connectivity index is 2.21. The third-order valence-electron chi connectivity index (χ3n) is 4.19. The first kappa shape index (κ1) is 10.3. The molecule has 0 N–H and O–H groups in total. The highest BCUT2D eigenvalue weighted by molar-refractivity contribution is 5.98. The molecule has 0 saturated carbocycles. The van der Waals surface area contributed by atoms with Crippen molar-refractivity contribution in [3.63, 3.8) is 0 Å². The van der Waals surface area contributed by atoms with Gasteiger partial charge < -0.3 is 4.74 Å². The number of aromatic nitrogens is 1.